The van der Waals surface area contributed by atoms with Crippen LogP contribution in [0.4, 0.5) is 0 Å². The van der Waals surface area contributed by atoms with Crippen molar-refractivity contribution in [1.82, 2.24) is 10.2 Å². The molecule has 0 bridgehead atoms. The van der Waals surface area contributed by atoms with Crippen molar-refractivity contribution in [3.63, 3.8) is 0 Å². The van der Waals surface area contributed by atoms with E-state index in [1.54, 1.807) is 0 Å². The first kappa shape index (κ1) is 14.3. The molecule has 2 heteroatoms. The predicted octanol–water partition coefficient (Wildman–Crippen LogP) is 3.54. The molecule has 3 rings (SSSR count). The maximum Gasteiger partial charge on any atom is 0.0233 e. The topological polar surface area (TPSA) is 15.3 Å². The van der Waals surface area contributed by atoms with Crippen LogP contribution in [0.3, 0.4) is 0 Å². The number of likely N-dealkylation sites (tertiary alicyclic amines) is 1. The van der Waals surface area contributed by atoms with Crippen LogP contribution in [-0.4, -0.2) is 31.1 Å². The molecule has 1 aliphatic rings. The van der Waals surface area contributed by atoms with E-state index in [9.17, 15) is 0 Å². The first-order chi connectivity index (χ1) is 10.3. The highest BCUT2D eigenvalue weighted by molar-refractivity contribution is 5.63. The molecule has 0 unspecified atom stereocenters. The van der Waals surface area contributed by atoms with Crippen LogP contribution in [0.5, 0.6) is 0 Å². The van der Waals surface area contributed by atoms with Crippen molar-refractivity contribution in [2.24, 2.45) is 0 Å². The molecule has 0 radical (unpaired) electrons. The monoisotopic (exact) mass is 280 g/mol. The third-order valence-electron chi connectivity index (χ3n) is 4.46. The zero-order chi connectivity index (χ0) is 14.5. The highest BCUT2D eigenvalue weighted by atomic mass is 15.1. The average Bonchev–Trinajstić information content (AvgIpc) is 2.57. The Kier molecular flexibility index (Phi) is 4.69. The maximum atomic E-state index is 3.39. The van der Waals surface area contributed by atoms with Crippen LogP contribution >= 0.6 is 0 Å². The summed E-state index contributed by atoms with van der Waals surface area (Å²) in [5, 5.41) is 3.39. The van der Waals surface area contributed by atoms with E-state index in [0.717, 1.165) is 6.54 Å². The number of nitrogens with zero attached hydrogens (tertiary/aromatic N) is 1. The zero-order valence-electron chi connectivity index (χ0n) is 12.8. The van der Waals surface area contributed by atoms with Crippen molar-refractivity contribution in [3.8, 4) is 11.1 Å². The van der Waals surface area contributed by atoms with Crippen molar-refractivity contribution in [2.45, 2.75) is 25.4 Å². The van der Waals surface area contributed by atoms with Gasteiger partial charge in [-0.2, -0.15) is 0 Å². The van der Waals surface area contributed by atoms with Crippen molar-refractivity contribution >= 4 is 0 Å². The van der Waals surface area contributed by atoms with Gasteiger partial charge in [0.25, 0.3) is 0 Å². The molecule has 0 saturated carbocycles. The number of hydrogen-bond donors (Lipinski definition) is 1. The number of piperidine rings is 1. The van der Waals surface area contributed by atoms with E-state index in [1.165, 1.54) is 42.6 Å². The van der Waals surface area contributed by atoms with E-state index in [-0.39, 0.29) is 0 Å². The zero-order valence-corrected chi connectivity index (χ0v) is 12.8. The summed E-state index contributed by atoms with van der Waals surface area (Å²) in [5.41, 5.74) is 4.00. The van der Waals surface area contributed by atoms with Crippen LogP contribution in [0.2, 0.25) is 0 Å². The molecule has 110 valence electrons. The molecule has 2 nitrogen and oxygen atoms in total. The number of hydrogen-bond acceptors (Lipinski definition) is 2. The Bertz CT molecular complexity index is 540. The minimum absolute atomic E-state index is 0.710. The second-order valence-corrected chi connectivity index (χ2v) is 5.90. The lowest BCUT2D eigenvalue weighted by Gasteiger charge is -2.31. The smallest absolute Gasteiger partial charge is 0.0233 e. The lowest BCUT2D eigenvalue weighted by molar-refractivity contribution is 0.194. The number of rotatable bonds is 4. The lowest BCUT2D eigenvalue weighted by Crippen LogP contribution is -2.40. The summed E-state index contributed by atoms with van der Waals surface area (Å²) in [6, 6.07) is 20.3. The van der Waals surface area contributed by atoms with Crippen molar-refractivity contribution < 1.29 is 0 Å². The fourth-order valence-electron chi connectivity index (χ4n) is 3.07. The first-order valence-corrected chi connectivity index (χ1v) is 7.89. The van der Waals surface area contributed by atoms with Gasteiger partial charge in [-0.15, -0.1) is 0 Å². The van der Waals surface area contributed by atoms with Gasteiger partial charge in [-0.05, 0) is 49.7 Å². The summed E-state index contributed by atoms with van der Waals surface area (Å²) in [5.74, 6) is 0. The van der Waals surface area contributed by atoms with E-state index < -0.39 is 0 Å². The molecular weight excluding hydrogens is 256 g/mol. The first-order valence-electron chi connectivity index (χ1n) is 7.89. The molecule has 2 aromatic rings. The van der Waals surface area contributed by atoms with E-state index in [4.69, 9.17) is 0 Å². The Labute approximate surface area is 127 Å². The Balaban J connectivity index is 1.60. The van der Waals surface area contributed by atoms with Crippen molar-refractivity contribution in [1.29, 1.82) is 0 Å². The molecule has 0 atom stereocenters. The fraction of sp³-hybridized carbons (Fsp3) is 0.368. The third-order valence-corrected chi connectivity index (χ3v) is 4.46. The minimum Gasteiger partial charge on any atom is -0.317 e. The van der Waals surface area contributed by atoms with Gasteiger partial charge in [0.1, 0.15) is 0 Å². The van der Waals surface area contributed by atoms with Gasteiger partial charge in [0.2, 0.25) is 0 Å². The van der Waals surface area contributed by atoms with Gasteiger partial charge in [-0.25, -0.2) is 0 Å². The normalized spacial score (nSPS) is 17.0. The van der Waals surface area contributed by atoms with Gasteiger partial charge in [-0.3, -0.25) is 4.90 Å². The van der Waals surface area contributed by atoms with Gasteiger partial charge in [0.05, 0.1) is 0 Å². The summed E-state index contributed by atoms with van der Waals surface area (Å²) < 4.78 is 0. The molecule has 1 fully saturated rings. The minimum atomic E-state index is 0.710. The highest BCUT2D eigenvalue weighted by Crippen LogP contribution is 2.20. The Morgan fingerprint density at radius 1 is 0.905 bits per heavy atom. The van der Waals surface area contributed by atoms with Crippen LogP contribution in [0.25, 0.3) is 11.1 Å². The maximum absolute atomic E-state index is 3.39. The summed E-state index contributed by atoms with van der Waals surface area (Å²) in [6.07, 6.45) is 2.52. The SMILES string of the molecule is CNC1CCN(Cc2ccc(-c3ccccc3)cc2)CC1. The molecule has 0 spiro atoms. The summed E-state index contributed by atoms with van der Waals surface area (Å²) in [7, 11) is 2.07. The molecule has 0 aliphatic carbocycles. The predicted molar refractivity (Wildman–Crippen MR) is 89.2 cm³/mol. The van der Waals surface area contributed by atoms with Gasteiger partial charge < -0.3 is 5.32 Å². The van der Waals surface area contributed by atoms with Gasteiger partial charge >= 0.3 is 0 Å². The molecule has 1 N–H and O–H groups in total. The van der Waals surface area contributed by atoms with Gasteiger partial charge in [0.15, 0.2) is 0 Å². The molecule has 2 aromatic carbocycles. The Morgan fingerprint density at radius 2 is 1.52 bits per heavy atom. The third kappa shape index (κ3) is 3.72. The largest absolute Gasteiger partial charge is 0.317 e. The molecule has 0 amide bonds. The molecule has 1 heterocycles. The van der Waals surface area contributed by atoms with E-state index in [0.29, 0.717) is 6.04 Å². The second-order valence-electron chi connectivity index (χ2n) is 5.90. The summed E-state index contributed by atoms with van der Waals surface area (Å²) in [6.45, 7) is 3.48. The molecule has 1 saturated heterocycles. The summed E-state index contributed by atoms with van der Waals surface area (Å²) >= 11 is 0. The Morgan fingerprint density at radius 3 is 2.14 bits per heavy atom. The van der Waals surface area contributed by atoms with Crippen LogP contribution in [0.15, 0.2) is 54.6 Å². The number of nitrogens with one attached hydrogen (secondary N) is 1. The van der Waals surface area contributed by atoms with Crippen molar-refractivity contribution in [3.05, 3.63) is 60.2 Å². The van der Waals surface area contributed by atoms with Gasteiger partial charge in [0, 0.05) is 12.6 Å². The van der Waals surface area contributed by atoms with Gasteiger partial charge in [-0.1, -0.05) is 54.6 Å². The fourth-order valence-corrected chi connectivity index (χ4v) is 3.07. The second kappa shape index (κ2) is 6.88. The Hall–Kier alpha value is -1.64. The van der Waals surface area contributed by atoms with Crippen LogP contribution < -0.4 is 5.32 Å². The lowest BCUT2D eigenvalue weighted by atomic mass is 10.0. The summed E-state index contributed by atoms with van der Waals surface area (Å²) in [4.78, 5) is 2.56. The van der Waals surface area contributed by atoms with E-state index in [1.807, 2.05) is 0 Å². The van der Waals surface area contributed by atoms with Crippen molar-refractivity contribution in [2.75, 3.05) is 20.1 Å². The molecule has 1 aliphatic heterocycles. The average molecular weight is 280 g/mol. The van der Waals surface area contributed by atoms with Crippen LogP contribution in [0.1, 0.15) is 18.4 Å². The molecule has 0 aromatic heterocycles. The molecular formula is C19H24N2. The highest BCUT2D eigenvalue weighted by Gasteiger charge is 2.17. The van der Waals surface area contributed by atoms with Crippen LogP contribution in [0, 0.1) is 0 Å². The van der Waals surface area contributed by atoms with Crippen LogP contribution in [-0.2, 0) is 6.54 Å². The van der Waals surface area contributed by atoms with E-state index >= 15 is 0 Å². The standard InChI is InChI=1S/C19H24N2/c1-20-19-11-13-21(14-12-19)15-16-7-9-18(10-8-16)17-5-3-2-4-6-17/h2-10,19-20H,11-15H2,1H3. The number of benzene rings is 2. The van der Waals surface area contributed by atoms with E-state index in [2.05, 4.69) is 71.9 Å². The molecule has 21 heavy (non-hydrogen) atoms. The quantitative estimate of drug-likeness (QED) is 0.921.